The summed E-state index contributed by atoms with van der Waals surface area (Å²) in [5, 5.41) is 0. The normalized spacial score (nSPS) is 34.6. The SMILES string of the molecule is CC1CC(C)CN(C(=O)CN2CCC[C@@H](N)C2)C1. The molecule has 0 aliphatic carbocycles. The van der Waals surface area contributed by atoms with Crippen LogP contribution < -0.4 is 5.73 Å². The van der Waals surface area contributed by atoms with Crippen molar-refractivity contribution in [1.29, 1.82) is 0 Å². The van der Waals surface area contributed by atoms with Crippen LogP contribution in [0.2, 0.25) is 0 Å². The molecule has 2 unspecified atom stereocenters. The van der Waals surface area contributed by atoms with Crippen molar-refractivity contribution in [2.75, 3.05) is 32.7 Å². The summed E-state index contributed by atoms with van der Waals surface area (Å²) >= 11 is 0. The third-order valence-corrected chi connectivity index (χ3v) is 4.12. The number of hydrogen-bond donors (Lipinski definition) is 1. The molecule has 2 fully saturated rings. The molecular weight excluding hydrogens is 226 g/mol. The Kier molecular flexibility index (Phi) is 4.62. The van der Waals surface area contributed by atoms with Crippen LogP contribution >= 0.6 is 0 Å². The van der Waals surface area contributed by atoms with Crippen LogP contribution in [0.3, 0.4) is 0 Å². The van der Waals surface area contributed by atoms with E-state index in [1.165, 1.54) is 6.42 Å². The van der Waals surface area contributed by atoms with Gasteiger partial charge in [0.05, 0.1) is 6.54 Å². The third-order valence-electron chi connectivity index (χ3n) is 4.12. The van der Waals surface area contributed by atoms with Crippen LogP contribution in [0.25, 0.3) is 0 Å². The molecule has 0 radical (unpaired) electrons. The van der Waals surface area contributed by atoms with Gasteiger partial charge in [0.15, 0.2) is 0 Å². The van der Waals surface area contributed by atoms with Gasteiger partial charge in [-0.15, -0.1) is 0 Å². The van der Waals surface area contributed by atoms with Crippen molar-refractivity contribution in [3.63, 3.8) is 0 Å². The van der Waals surface area contributed by atoms with Crippen LogP contribution in [0.1, 0.15) is 33.1 Å². The predicted molar refractivity (Wildman–Crippen MR) is 73.2 cm³/mol. The number of likely N-dealkylation sites (tertiary alicyclic amines) is 2. The summed E-state index contributed by atoms with van der Waals surface area (Å²) in [6.45, 7) is 8.82. The Morgan fingerprint density at radius 2 is 1.89 bits per heavy atom. The minimum absolute atomic E-state index is 0.255. The van der Waals surface area contributed by atoms with Crippen molar-refractivity contribution < 1.29 is 4.79 Å². The van der Waals surface area contributed by atoms with Gasteiger partial charge in [-0.1, -0.05) is 13.8 Å². The van der Waals surface area contributed by atoms with Gasteiger partial charge in [0, 0.05) is 25.7 Å². The maximum absolute atomic E-state index is 12.3. The Bertz CT molecular complexity index is 285. The second-order valence-electron chi connectivity index (χ2n) is 6.38. The zero-order chi connectivity index (χ0) is 13.1. The number of nitrogens with two attached hydrogens (primary N) is 1. The van der Waals surface area contributed by atoms with Crippen molar-refractivity contribution in [3.8, 4) is 0 Å². The first kappa shape index (κ1) is 13.8. The lowest BCUT2D eigenvalue weighted by atomic mass is 9.92. The zero-order valence-electron chi connectivity index (χ0n) is 11.8. The van der Waals surface area contributed by atoms with Crippen molar-refractivity contribution in [3.05, 3.63) is 0 Å². The Morgan fingerprint density at radius 1 is 1.22 bits per heavy atom. The van der Waals surface area contributed by atoms with Crippen LogP contribution in [0.15, 0.2) is 0 Å². The van der Waals surface area contributed by atoms with Crippen molar-refractivity contribution >= 4 is 5.91 Å². The van der Waals surface area contributed by atoms with E-state index in [2.05, 4.69) is 23.6 Å². The van der Waals surface area contributed by atoms with Gasteiger partial charge in [-0.2, -0.15) is 0 Å². The molecule has 2 N–H and O–H groups in total. The van der Waals surface area contributed by atoms with Gasteiger partial charge in [0.1, 0.15) is 0 Å². The van der Waals surface area contributed by atoms with Crippen LogP contribution in [0, 0.1) is 11.8 Å². The molecule has 2 saturated heterocycles. The first-order chi connectivity index (χ1) is 8.54. The molecule has 0 saturated carbocycles. The molecule has 2 aliphatic rings. The van der Waals surface area contributed by atoms with Crippen LogP contribution in [0.4, 0.5) is 0 Å². The highest BCUT2D eigenvalue weighted by Crippen LogP contribution is 2.21. The highest BCUT2D eigenvalue weighted by atomic mass is 16.2. The molecule has 2 rings (SSSR count). The topological polar surface area (TPSA) is 49.6 Å². The van der Waals surface area contributed by atoms with Gasteiger partial charge in [-0.25, -0.2) is 0 Å². The number of nitrogens with zero attached hydrogens (tertiary/aromatic N) is 2. The zero-order valence-corrected chi connectivity index (χ0v) is 11.8. The average Bonchev–Trinajstić information content (AvgIpc) is 2.27. The van der Waals surface area contributed by atoms with Crippen LogP contribution in [-0.2, 0) is 4.79 Å². The van der Waals surface area contributed by atoms with E-state index in [1.807, 2.05) is 0 Å². The lowest BCUT2D eigenvalue weighted by Crippen LogP contribution is -2.50. The van der Waals surface area contributed by atoms with E-state index in [0.717, 1.165) is 39.0 Å². The van der Waals surface area contributed by atoms with Crippen molar-refractivity contribution in [2.45, 2.75) is 39.2 Å². The standard InChI is InChI=1S/C14H27N3O/c1-11-6-12(2)8-17(7-11)14(18)10-16-5-3-4-13(15)9-16/h11-13H,3-10,15H2,1-2H3/t11?,12?,13-/m1/s1. The Morgan fingerprint density at radius 3 is 2.50 bits per heavy atom. The van der Waals surface area contributed by atoms with E-state index in [-0.39, 0.29) is 6.04 Å². The maximum Gasteiger partial charge on any atom is 0.236 e. The van der Waals surface area contributed by atoms with Crippen LogP contribution in [0.5, 0.6) is 0 Å². The monoisotopic (exact) mass is 253 g/mol. The Hall–Kier alpha value is -0.610. The maximum atomic E-state index is 12.3. The molecule has 104 valence electrons. The number of amides is 1. The van der Waals surface area contributed by atoms with Gasteiger partial charge in [0.2, 0.25) is 5.91 Å². The molecule has 0 aromatic rings. The molecule has 18 heavy (non-hydrogen) atoms. The highest BCUT2D eigenvalue weighted by molar-refractivity contribution is 5.78. The quantitative estimate of drug-likeness (QED) is 0.796. The fraction of sp³-hybridized carbons (Fsp3) is 0.929. The molecular formula is C14H27N3O. The first-order valence-corrected chi connectivity index (χ1v) is 7.30. The largest absolute Gasteiger partial charge is 0.341 e. The second kappa shape index (κ2) is 6.02. The van der Waals surface area contributed by atoms with Crippen molar-refractivity contribution in [1.82, 2.24) is 9.80 Å². The molecule has 0 bridgehead atoms. The average molecular weight is 253 g/mol. The molecule has 1 amide bonds. The fourth-order valence-corrected chi connectivity index (χ4v) is 3.39. The fourth-order valence-electron chi connectivity index (χ4n) is 3.39. The molecule has 0 aromatic heterocycles. The third kappa shape index (κ3) is 3.69. The summed E-state index contributed by atoms with van der Waals surface area (Å²) in [7, 11) is 0. The van der Waals surface area contributed by atoms with Gasteiger partial charge in [-0.05, 0) is 37.6 Å². The second-order valence-corrected chi connectivity index (χ2v) is 6.38. The minimum Gasteiger partial charge on any atom is -0.341 e. The number of piperidine rings is 2. The number of rotatable bonds is 2. The molecule has 2 aliphatic heterocycles. The lowest BCUT2D eigenvalue weighted by molar-refractivity contribution is -0.135. The Labute approximate surface area is 110 Å². The van der Waals surface area contributed by atoms with E-state index >= 15 is 0 Å². The smallest absolute Gasteiger partial charge is 0.236 e. The number of carbonyl (C=O) groups excluding carboxylic acids is 1. The molecule has 2 heterocycles. The summed E-state index contributed by atoms with van der Waals surface area (Å²) in [5.41, 5.74) is 5.96. The van der Waals surface area contributed by atoms with E-state index in [9.17, 15) is 4.79 Å². The van der Waals surface area contributed by atoms with E-state index in [0.29, 0.717) is 24.3 Å². The lowest BCUT2D eigenvalue weighted by Gasteiger charge is -2.37. The van der Waals surface area contributed by atoms with Gasteiger partial charge >= 0.3 is 0 Å². The molecule has 4 heteroatoms. The van der Waals surface area contributed by atoms with Gasteiger partial charge in [-0.3, -0.25) is 9.69 Å². The highest BCUT2D eigenvalue weighted by Gasteiger charge is 2.27. The molecule has 3 atom stereocenters. The summed E-state index contributed by atoms with van der Waals surface area (Å²) in [4.78, 5) is 16.6. The Balaban J connectivity index is 1.83. The minimum atomic E-state index is 0.255. The molecule has 0 spiro atoms. The summed E-state index contributed by atoms with van der Waals surface area (Å²) < 4.78 is 0. The van der Waals surface area contributed by atoms with E-state index in [1.54, 1.807) is 0 Å². The van der Waals surface area contributed by atoms with Crippen molar-refractivity contribution in [2.24, 2.45) is 17.6 Å². The van der Waals surface area contributed by atoms with Crippen LogP contribution in [-0.4, -0.2) is 54.5 Å². The van der Waals surface area contributed by atoms with E-state index in [4.69, 9.17) is 5.73 Å². The molecule has 4 nitrogen and oxygen atoms in total. The van der Waals surface area contributed by atoms with Gasteiger partial charge < -0.3 is 10.6 Å². The summed E-state index contributed by atoms with van der Waals surface area (Å²) in [6.07, 6.45) is 3.47. The first-order valence-electron chi connectivity index (χ1n) is 7.30. The number of carbonyl (C=O) groups is 1. The van der Waals surface area contributed by atoms with Gasteiger partial charge in [0.25, 0.3) is 0 Å². The predicted octanol–water partition coefficient (Wildman–Crippen LogP) is 0.914. The summed E-state index contributed by atoms with van der Waals surface area (Å²) in [6, 6.07) is 0.255. The molecule has 0 aromatic carbocycles. The number of hydrogen-bond acceptors (Lipinski definition) is 3. The summed E-state index contributed by atoms with van der Waals surface area (Å²) in [5.74, 6) is 1.57. The van der Waals surface area contributed by atoms with E-state index < -0.39 is 0 Å².